The first-order chi connectivity index (χ1) is 13.5. The SMILES string of the molecule is COc1ccc(/C=C/C(=O)Nc2nnc(-c3cc(C)cc(C)c3)o2)cc1OC. The van der Waals surface area contributed by atoms with Crippen LogP contribution in [0.5, 0.6) is 11.5 Å². The van der Waals surface area contributed by atoms with Crippen molar-refractivity contribution in [3.05, 3.63) is 59.2 Å². The van der Waals surface area contributed by atoms with Crippen LogP contribution in [0.3, 0.4) is 0 Å². The van der Waals surface area contributed by atoms with Gasteiger partial charge in [0.15, 0.2) is 11.5 Å². The molecule has 0 unspecified atom stereocenters. The molecule has 1 amide bonds. The molecule has 3 aromatic rings. The average molecular weight is 379 g/mol. The highest BCUT2D eigenvalue weighted by Gasteiger charge is 2.11. The largest absolute Gasteiger partial charge is 0.493 e. The number of hydrogen-bond donors (Lipinski definition) is 1. The van der Waals surface area contributed by atoms with E-state index in [1.165, 1.54) is 6.08 Å². The summed E-state index contributed by atoms with van der Waals surface area (Å²) in [5.74, 6) is 1.17. The van der Waals surface area contributed by atoms with Gasteiger partial charge in [0, 0.05) is 11.6 Å². The molecular weight excluding hydrogens is 358 g/mol. The minimum absolute atomic E-state index is 0.0381. The van der Waals surface area contributed by atoms with Crippen molar-refractivity contribution in [2.45, 2.75) is 13.8 Å². The predicted octanol–water partition coefficient (Wildman–Crippen LogP) is 4.02. The lowest BCUT2D eigenvalue weighted by Crippen LogP contribution is -2.07. The molecule has 7 nitrogen and oxygen atoms in total. The Balaban J connectivity index is 1.68. The Labute approximate surface area is 163 Å². The molecular formula is C21H21N3O4. The molecule has 0 bridgehead atoms. The number of amides is 1. The summed E-state index contributed by atoms with van der Waals surface area (Å²) in [7, 11) is 3.12. The minimum Gasteiger partial charge on any atom is -0.493 e. The maximum atomic E-state index is 12.1. The number of nitrogens with zero attached hydrogens (tertiary/aromatic N) is 2. The molecule has 2 aromatic carbocycles. The number of carbonyl (C=O) groups is 1. The predicted molar refractivity (Wildman–Crippen MR) is 106 cm³/mol. The molecule has 0 radical (unpaired) electrons. The van der Waals surface area contributed by atoms with E-state index in [4.69, 9.17) is 13.9 Å². The lowest BCUT2D eigenvalue weighted by molar-refractivity contribution is -0.112. The number of hydrogen-bond acceptors (Lipinski definition) is 6. The van der Waals surface area contributed by atoms with Crippen molar-refractivity contribution in [3.63, 3.8) is 0 Å². The van der Waals surface area contributed by atoms with E-state index in [0.717, 1.165) is 22.3 Å². The molecule has 0 saturated heterocycles. The van der Waals surface area contributed by atoms with E-state index >= 15 is 0 Å². The molecule has 3 rings (SSSR count). The lowest BCUT2D eigenvalue weighted by Gasteiger charge is -2.07. The second-order valence-electron chi connectivity index (χ2n) is 6.23. The van der Waals surface area contributed by atoms with Gasteiger partial charge in [0.05, 0.1) is 14.2 Å². The number of anilines is 1. The molecule has 1 heterocycles. The van der Waals surface area contributed by atoms with Gasteiger partial charge in [0.1, 0.15) is 0 Å². The second kappa shape index (κ2) is 8.39. The number of nitrogens with one attached hydrogen (secondary N) is 1. The summed E-state index contributed by atoms with van der Waals surface area (Å²) < 4.78 is 16.0. The van der Waals surface area contributed by atoms with Crippen molar-refractivity contribution >= 4 is 18.0 Å². The normalized spacial score (nSPS) is 10.9. The molecule has 144 valence electrons. The van der Waals surface area contributed by atoms with Crippen LogP contribution < -0.4 is 14.8 Å². The summed E-state index contributed by atoms with van der Waals surface area (Å²) >= 11 is 0. The summed E-state index contributed by atoms with van der Waals surface area (Å²) in [6.45, 7) is 3.99. The van der Waals surface area contributed by atoms with E-state index < -0.39 is 0 Å². The second-order valence-corrected chi connectivity index (χ2v) is 6.23. The van der Waals surface area contributed by atoms with Gasteiger partial charge in [0.2, 0.25) is 5.89 Å². The first kappa shape index (κ1) is 19.2. The van der Waals surface area contributed by atoms with E-state index in [0.29, 0.717) is 17.4 Å². The molecule has 0 aliphatic heterocycles. The number of aromatic nitrogens is 2. The molecule has 7 heteroatoms. The van der Waals surface area contributed by atoms with E-state index in [1.807, 2.05) is 32.0 Å². The van der Waals surface area contributed by atoms with Gasteiger partial charge in [-0.1, -0.05) is 28.4 Å². The molecule has 0 atom stereocenters. The third-order valence-electron chi connectivity index (χ3n) is 3.96. The van der Waals surface area contributed by atoms with E-state index in [1.54, 1.807) is 32.4 Å². The van der Waals surface area contributed by atoms with Crippen LogP contribution in [0, 0.1) is 13.8 Å². The lowest BCUT2D eigenvalue weighted by atomic mass is 10.1. The zero-order valence-corrected chi connectivity index (χ0v) is 16.1. The van der Waals surface area contributed by atoms with Crippen molar-refractivity contribution in [1.82, 2.24) is 10.2 Å². The third-order valence-corrected chi connectivity index (χ3v) is 3.96. The van der Waals surface area contributed by atoms with E-state index in [-0.39, 0.29) is 11.9 Å². The monoisotopic (exact) mass is 379 g/mol. The number of benzene rings is 2. The Morgan fingerprint density at radius 3 is 2.39 bits per heavy atom. The van der Waals surface area contributed by atoms with Crippen molar-refractivity contribution in [1.29, 1.82) is 0 Å². The third kappa shape index (κ3) is 4.56. The van der Waals surface area contributed by atoms with Crippen LogP contribution >= 0.6 is 0 Å². The Bertz CT molecular complexity index is 1000. The fourth-order valence-corrected chi connectivity index (χ4v) is 2.76. The van der Waals surface area contributed by atoms with Crippen LogP contribution in [0.1, 0.15) is 16.7 Å². The number of rotatable bonds is 6. The summed E-state index contributed by atoms with van der Waals surface area (Å²) in [6.07, 6.45) is 3.03. The average Bonchev–Trinajstić information content (AvgIpc) is 3.13. The number of methoxy groups -OCH3 is 2. The molecule has 0 spiro atoms. The highest BCUT2D eigenvalue weighted by atomic mass is 16.5. The van der Waals surface area contributed by atoms with Crippen LogP contribution in [0.2, 0.25) is 0 Å². The quantitative estimate of drug-likeness (QED) is 0.651. The number of aryl methyl sites for hydroxylation is 2. The summed E-state index contributed by atoms with van der Waals surface area (Å²) in [5, 5.41) is 10.4. The first-order valence-corrected chi connectivity index (χ1v) is 8.62. The van der Waals surface area contributed by atoms with Gasteiger partial charge in [-0.3, -0.25) is 10.1 Å². The van der Waals surface area contributed by atoms with E-state index in [9.17, 15) is 4.79 Å². The molecule has 1 aromatic heterocycles. The summed E-state index contributed by atoms with van der Waals surface area (Å²) in [5.41, 5.74) is 3.79. The maximum absolute atomic E-state index is 12.1. The Morgan fingerprint density at radius 2 is 1.71 bits per heavy atom. The van der Waals surface area contributed by atoms with Crippen molar-refractivity contribution in [3.8, 4) is 23.0 Å². The van der Waals surface area contributed by atoms with Crippen LogP contribution in [-0.4, -0.2) is 30.3 Å². The van der Waals surface area contributed by atoms with Crippen LogP contribution in [0.4, 0.5) is 6.01 Å². The number of ether oxygens (including phenoxy) is 2. The molecule has 0 fully saturated rings. The molecule has 0 aliphatic rings. The van der Waals surface area contributed by atoms with Gasteiger partial charge in [-0.2, -0.15) is 0 Å². The topological polar surface area (TPSA) is 86.5 Å². The zero-order valence-electron chi connectivity index (χ0n) is 16.1. The van der Waals surface area contributed by atoms with Gasteiger partial charge in [-0.15, -0.1) is 5.10 Å². The Morgan fingerprint density at radius 1 is 1.00 bits per heavy atom. The molecule has 0 saturated carbocycles. The fraction of sp³-hybridized carbons (Fsp3) is 0.190. The highest BCUT2D eigenvalue weighted by molar-refractivity contribution is 6.00. The van der Waals surface area contributed by atoms with Crippen molar-refractivity contribution in [2.75, 3.05) is 19.5 Å². The smallest absolute Gasteiger partial charge is 0.322 e. The summed E-state index contributed by atoms with van der Waals surface area (Å²) in [4.78, 5) is 12.1. The number of carbonyl (C=O) groups excluding carboxylic acids is 1. The van der Waals surface area contributed by atoms with Gasteiger partial charge < -0.3 is 13.9 Å². The van der Waals surface area contributed by atoms with Gasteiger partial charge >= 0.3 is 6.01 Å². The Kier molecular flexibility index (Phi) is 5.74. The highest BCUT2D eigenvalue weighted by Crippen LogP contribution is 2.28. The van der Waals surface area contributed by atoms with Gasteiger partial charge in [0.25, 0.3) is 5.91 Å². The van der Waals surface area contributed by atoms with Crippen LogP contribution in [-0.2, 0) is 4.79 Å². The van der Waals surface area contributed by atoms with Gasteiger partial charge in [-0.25, -0.2) is 0 Å². The molecule has 0 aliphatic carbocycles. The zero-order chi connectivity index (χ0) is 20.1. The standard InChI is InChI=1S/C21H21N3O4/c1-13-9-14(2)11-16(10-13)20-23-24-21(28-20)22-19(25)8-6-15-5-7-17(26-3)18(12-15)27-4/h5-12H,1-4H3,(H,22,24,25)/b8-6+. The van der Waals surface area contributed by atoms with Crippen LogP contribution in [0.15, 0.2) is 46.9 Å². The molecule has 28 heavy (non-hydrogen) atoms. The van der Waals surface area contributed by atoms with Crippen LogP contribution in [0.25, 0.3) is 17.5 Å². The summed E-state index contributed by atoms with van der Waals surface area (Å²) in [6, 6.07) is 11.3. The van der Waals surface area contributed by atoms with Crippen molar-refractivity contribution in [2.24, 2.45) is 0 Å². The molecule has 1 N–H and O–H groups in total. The maximum Gasteiger partial charge on any atom is 0.322 e. The van der Waals surface area contributed by atoms with E-state index in [2.05, 4.69) is 21.6 Å². The van der Waals surface area contributed by atoms with Gasteiger partial charge in [-0.05, 0) is 49.8 Å². The first-order valence-electron chi connectivity index (χ1n) is 8.62. The minimum atomic E-state index is -0.384. The Hall–Kier alpha value is -3.61. The fourth-order valence-electron chi connectivity index (χ4n) is 2.76. The van der Waals surface area contributed by atoms with Crippen molar-refractivity contribution < 1.29 is 18.7 Å².